The summed E-state index contributed by atoms with van der Waals surface area (Å²) in [6, 6.07) is 1.77. The van der Waals surface area contributed by atoms with Crippen LogP contribution in [-0.2, 0) is 13.6 Å². The van der Waals surface area contributed by atoms with Gasteiger partial charge in [0.15, 0.2) is 11.6 Å². The Balaban J connectivity index is 1.25. The first kappa shape index (κ1) is 23.4. The largest absolute Gasteiger partial charge is 0.487 e. The highest BCUT2D eigenvalue weighted by atomic mass is 19.3. The molecule has 0 aromatic carbocycles. The van der Waals surface area contributed by atoms with E-state index < -0.39 is 12.0 Å². The van der Waals surface area contributed by atoms with Crippen LogP contribution in [0.25, 0.3) is 11.4 Å². The van der Waals surface area contributed by atoms with E-state index in [1.807, 2.05) is 14.0 Å². The number of rotatable bonds is 8. The molecule has 35 heavy (non-hydrogen) atoms. The van der Waals surface area contributed by atoms with Crippen LogP contribution in [0.4, 0.5) is 14.6 Å². The second kappa shape index (κ2) is 9.71. The molecule has 3 aromatic rings. The summed E-state index contributed by atoms with van der Waals surface area (Å²) < 4.78 is 39.5. The van der Waals surface area contributed by atoms with Crippen molar-refractivity contribution in [3.05, 3.63) is 36.0 Å². The Morgan fingerprint density at radius 2 is 1.86 bits per heavy atom. The summed E-state index contributed by atoms with van der Waals surface area (Å²) in [6.07, 6.45) is 9.88. The van der Waals surface area contributed by atoms with E-state index >= 15 is 0 Å². The molecule has 0 unspecified atom stereocenters. The Hall–Kier alpha value is -3.37. The summed E-state index contributed by atoms with van der Waals surface area (Å²) in [6.45, 7) is 2.32. The lowest BCUT2D eigenvalue weighted by atomic mass is 9.91. The van der Waals surface area contributed by atoms with E-state index in [0.29, 0.717) is 18.2 Å². The van der Waals surface area contributed by atoms with Crippen molar-refractivity contribution in [3.8, 4) is 23.1 Å². The highest BCUT2D eigenvalue weighted by Gasteiger charge is 2.47. The summed E-state index contributed by atoms with van der Waals surface area (Å²) in [4.78, 5) is 17.6. The van der Waals surface area contributed by atoms with Crippen molar-refractivity contribution in [2.24, 2.45) is 7.05 Å². The molecule has 0 bridgehead atoms. The van der Waals surface area contributed by atoms with Crippen LogP contribution in [0.1, 0.15) is 56.3 Å². The first-order valence-electron chi connectivity index (χ1n) is 12.0. The number of halogens is 2. The number of nitrogens with one attached hydrogen (secondary N) is 1. The molecule has 0 amide bonds. The van der Waals surface area contributed by atoms with Crippen molar-refractivity contribution in [1.29, 1.82) is 0 Å². The van der Waals surface area contributed by atoms with E-state index in [1.165, 1.54) is 25.5 Å². The number of aromatic nitrogens is 6. The minimum Gasteiger partial charge on any atom is -0.487 e. The average Bonchev–Trinajstić information content (AvgIpc) is 3.19. The molecule has 2 saturated carbocycles. The Labute approximate surface area is 202 Å². The lowest BCUT2D eigenvalue weighted by Crippen LogP contribution is -2.43. The van der Waals surface area contributed by atoms with Gasteiger partial charge in [-0.2, -0.15) is 10.1 Å². The number of hydrogen-bond acceptors (Lipinski definition) is 8. The minimum absolute atomic E-state index is 0.0771. The van der Waals surface area contributed by atoms with Crippen LogP contribution in [0.3, 0.4) is 0 Å². The minimum atomic E-state index is -2.66. The zero-order valence-corrected chi connectivity index (χ0v) is 19.9. The molecule has 0 atom stereocenters. The molecule has 9 nitrogen and oxygen atoms in total. The van der Waals surface area contributed by atoms with Gasteiger partial charge in [0.2, 0.25) is 0 Å². The van der Waals surface area contributed by atoms with E-state index in [-0.39, 0.29) is 25.0 Å². The molecule has 0 aliphatic heterocycles. The van der Waals surface area contributed by atoms with Crippen LogP contribution in [0.2, 0.25) is 0 Å². The number of hydrogen-bond donors (Lipinski definition) is 1. The third-order valence-electron chi connectivity index (χ3n) is 6.48. The molecule has 0 saturated heterocycles. The molecule has 186 valence electrons. The first-order valence-corrected chi connectivity index (χ1v) is 12.0. The molecule has 5 rings (SSSR count). The Bertz CT molecular complexity index is 1170. The van der Waals surface area contributed by atoms with Gasteiger partial charge in [-0.1, -0.05) is 6.42 Å². The summed E-state index contributed by atoms with van der Waals surface area (Å²) in [5.41, 5.74) is 2.46. The van der Waals surface area contributed by atoms with Gasteiger partial charge in [0.1, 0.15) is 11.9 Å². The molecule has 0 radical (unpaired) electrons. The maximum atomic E-state index is 13.1. The van der Waals surface area contributed by atoms with Crippen molar-refractivity contribution in [2.45, 2.75) is 76.5 Å². The van der Waals surface area contributed by atoms with E-state index in [1.54, 1.807) is 23.1 Å². The Kier molecular flexibility index (Phi) is 6.48. The van der Waals surface area contributed by atoms with Gasteiger partial charge in [-0.15, -0.1) is 0 Å². The first-order chi connectivity index (χ1) is 16.9. The molecule has 3 aromatic heterocycles. The number of alkyl halides is 2. The maximum absolute atomic E-state index is 13.1. The summed E-state index contributed by atoms with van der Waals surface area (Å²) >= 11 is 0. The maximum Gasteiger partial charge on any atom is 0.318 e. The van der Waals surface area contributed by atoms with Crippen LogP contribution in [-0.4, -0.2) is 47.8 Å². The normalized spacial score (nSPS) is 18.2. The highest BCUT2D eigenvalue weighted by molar-refractivity contribution is 5.58. The quantitative estimate of drug-likeness (QED) is 0.499. The van der Waals surface area contributed by atoms with Gasteiger partial charge < -0.3 is 14.8 Å². The third kappa shape index (κ3) is 5.49. The predicted octanol–water partition coefficient (Wildman–Crippen LogP) is 4.48. The predicted molar refractivity (Wildman–Crippen MR) is 124 cm³/mol. The summed E-state index contributed by atoms with van der Waals surface area (Å²) in [5.74, 6) is -0.846. The van der Waals surface area contributed by atoms with Gasteiger partial charge in [0.25, 0.3) is 5.92 Å². The van der Waals surface area contributed by atoms with Crippen LogP contribution in [0.15, 0.2) is 24.7 Å². The van der Waals surface area contributed by atoms with E-state index in [9.17, 15) is 8.78 Å². The van der Waals surface area contributed by atoms with Crippen molar-refractivity contribution in [1.82, 2.24) is 29.7 Å². The number of aryl methyl sites for hydroxylation is 2. The molecule has 3 heterocycles. The van der Waals surface area contributed by atoms with Crippen molar-refractivity contribution >= 4 is 5.82 Å². The van der Waals surface area contributed by atoms with Crippen LogP contribution < -0.4 is 14.8 Å². The monoisotopic (exact) mass is 485 g/mol. The summed E-state index contributed by atoms with van der Waals surface area (Å²) in [7, 11) is 1.85. The van der Waals surface area contributed by atoms with Gasteiger partial charge in [-0.3, -0.25) is 4.68 Å². The van der Waals surface area contributed by atoms with Gasteiger partial charge in [0.05, 0.1) is 42.0 Å². The second-order valence-electron chi connectivity index (χ2n) is 9.23. The van der Waals surface area contributed by atoms with Gasteiger partial charge in [-0.05, 0) is 38.7 Å². The molecule has 2 fully saturated rings. The molecular weight excluding hydrogens is 456 g/mol. The van der Waals surface area contributed by atoms with Gasteiger partial charge >= 0.3 is 6.01 Å². The van der Waals surface area contributed by atoms with Crippen LogP contribution in [0.5, 0.6) is 11.8 Å². The lowest BCUT2D eigenvalue weighted by Gasteiger charge is -2.33. The van der Waals surface area contributed by atoms with E-state index in [0.717, 1.165) is 35.5 Å². The topological polar surface area (TPSA) is 99.9 Å². The number of anilines is 1. The lowest BCUT2D eigenvalue weighted by molar-refractivity contribution is -0.136. The smallest absolute Gasteiger partial charge is 0.318 e. The van der Waals surface area contributed by atoms with E-state index in [4.69, 9.17) is 9.47 Å². The van der Waals surface area contributed by atoms with Crippen molar-refractivity contribution in [3.63, 3.8) is 0 Å². The average molecular weight is 486 g/mol. The SMILES string of the molecule is Cc1nc(-c2cnn(C)c2CNc2ccnc(OC3CC(F)(F)C3)n2)ncc1OC1CCCCC1. The van der Waals surface area contributed by atoms with Gasteiger partial charge in [-0.25, -0.2) is 23.7 Å². The number of ether oxygens (including phenoxy) is 2. The highest BCUT2D eigenvalue weighted by Crippen LogP contribution is 2.39. The molecule has 2 aliphatic carbocycles. The molecule has 11 heteroatoms. The third-order valence-corrected chi connectivity index (χ3v) is 6.48. The van der Waals surface area contributed by atoms with E-state index in [2.05, 4.69) is 30.4 Å². The van der Waals surface area contributed by atoms with Crippen molar-refractivity contribution < 1.29 is 18.3 Å². The number of nitrogens with zero attached hydrogens (tertiary/aromatic N) is 6. The Morgan fingerprint density at radius 3 is 2.60 bits per heavy atom. The second-order valence-corrected chi connectivity index (χ2v) is 9.23. The molecule has 0 spiro atoms. The zero-order chi connectivity index (χ0) is 24.4. The van der Waals surface area contributed by atoms with Crippen molar-refractivity contribution in [2.75, 3.05) is 5.32 Å². The fourth-order valence-corrected chi connectivity index (χ4v) is 4.43. The molecule has 1 N–H and O–H groups in total. The fourth-order valence-electron chi connectivity index (χ4n) is 4.43. The standard InChI is InChI=1S/C24H29F2N7O2/c1-15-20(34-16-6-4-3-5-7-16)14-29-22(31-15)18-12-30-33(2)19(18)13-28-21-8-9-27-23(32-21)35-17-10-24(25,26)11-17/h8-9,12,14,16-17H,3-7,10-11,13H2,1-2H3,(H,27,28,32). The molecular formula is C24H29F2N7O2. The zero-order valence-electron chi connectivity index (χ0n) is 19.9. The molecule has 2 aliphatic rings. The fraction of sp³-hybridized carbons (Fsp3) is 0.542. The summed E-state index contributed by atoms with van der Waals surface area (Å²) in [5, 5.41) is 7.60. The van der Waals surface area contributed by atoms with Gasteiger partial charge in [0, 0.05) is 26.1 Å². The van der Waals surface area contributed by atoms with Crippen LogP contribution >= 0.6 is 0 Å². The Morgan fingerprint density at radius 1 is 1.06 bits per heavy atom. The van der Waals surface area contributed by atoms with Crippen LogP contribution in [0, 0.1) is 6.92 Å².